The lowest BCUT2D eigenvalue weighted by Crippen LogP contribution is -2.04. The molecule has 150 valence electrons. The number of aliphatic hydroxyl groups is 1. The number of carboxylic acid groups (broad SMARTS) is 1. The van der Waals surface area contributed by atoms with Gasteiger partial charge in [-0.15, -0.1) is 0 Å². The monoisotopic (exact) mass is 417 g/mol. The largest absolute Gasteiger partial charge is 0.478 e. The van der Waals surface area contributed by atoms with Gasteiger partial charge in [-0.1, -0.05) is 60.1 Å². The molecule has 1 heterocycles. The van der Waals surface area contributed by atoms with Gasteiger partial charge in [0.15, 0.2) is 0 Å². The summed E-state index contributed by atoms with van der Waals surface area (Å²) in [4.78, 5) is 15.9. The molecule has 0 spiro atoms. The summed E-state index contributed by atoms with van der Waals surface area (Å²) in [5, 5.41) is 21.6. The average molecular weight is 418 g/mol. The Bertz CT molecular complexity index is 1220. The fraction of sp³-hybridized carbons (Fsp3) is 0.120. The van der Waals surface area contributed by atoms with Crippen molar-refractivity contribution in [3.63, 3.8) is 0 Å². The Morgan fingerprint density at radius 1 is 0.900 bits per heavy atom. The number of hydrogen-bond acceptors (Lipinski definition) is 3. The number of aliphatic hydroxyl groups excluding tert-OH is 1. The van der Waals surface area contributed by atoms with Crippen molar-refractivity contribution in [3.8, 4) is 0 Å². The van der Waals surface area contributed by atoms with Crippen molar-refractivity contribution in [1.29, 1.82) is 0 Å². The zero-order valence-corrected chi connectivity index (χ0v) is 16.9. The van der Waals surface area contributed by atoms with E-state index in [1.807, 2.05) is 54.6 Å². The van der Waals surface area contributed by atoms with Gasteiger partial charge in [-0.05, 0) is 59.9 Å². The van der Waals surface area contributed by atoms with Gasteiger partial charge >= 0.3 is 5.97 Å². The number of carbonyl (C=O) groups is 1. The number of rotatable bonds is 6. The molecule has 30 heavy (non-hydrogen) atoms. The Morgan fingerprint density at radius 2 is 1.63 bits per heavy atom. The maximum absolute atomic E-state index is 11.2. The second-order valence-electron chi connectivity index (χ2n) is 7.22. The molecule has 3 aromatic carbocycles. The number of aromatic carboxylic acids is 1. The lowest BCUT2D eigenvalue weighted by atomic mass is 9.97. The Labute approximate surface area is 179 Å². The van der Waals surface area contributed by atoms with Crippen molar-refractivity contribution >= 4 is 28.5 Å². The highest BCUT2D eigenvalue weighted by Gasteiger charge is 2.13. The molecule has 1 atom stereocenters. The number of fused-ring (bicyclic) bond motifs is 1. The first-order chi connectivity index (χ1) is 14.5. The molecule has 0 saturated carbocycles. The minimum absolute atomic E-state index is 0.158. The number of aromatic nitrogens is 1. The average Bonchev–Trinajstić information content (AvgIpc) is 2.77. The summed E-state index contributed by atoms with van der Waals surface area (Å²) in [6, 6.07) is 23.9. The molecule has 4 aromatic rings. The number of hydrogen-bond donors (Lipinski definition) is 2. The third kappa shape index (κ3) is 4.51. The highest BCUT2D eigenvalue weighted by Crippen LogP contribution is 2.24. The van der Waals surface area contributed by atoms with Crippen LogP contribution in [0.4, 0.5) is 0 Å². The van der Waals surface area contributed by atoms with E-state index in [9.17, 15) is 15.0 Å². The zero-order valence-electron chi connectivity index (χ0n) is 16.1. The molecule has 0 bridgehead atoms. The predicted octanol–water partition coefficient (Wildman–Crippen LogP) is 5.45. The van der Waals surface area contributed by atoms with Crippen LogP contribution in [-0.4, -0.2) is 21.2 Å². The van der Waals surface area contributed by atoms with Crippen molar-refractivity contribution in [2.45, 2.75) is 18.9 Å². The number of aryl methyl sites for hydroxylation is 2. The van der Waals surface area contributed by atoms with Crippen LogP contribution in [0, 0.1) is 0 Å². The molecule has 0 radical (unpaired) electrons. The summed E-state index contributed by atoms with van der Waals surface area (Å²) in [7, 11) is 0. The molecule has 4 rings (SSSR count). The van der Waals surface area contributed by atoms with Gasteiger partial charge in [0, 0.05) is 16.1 Å². The molecule has 1 aromatic heterocycles. The minimum Gasteiger partial charge on any atom is -0.478 e. The van der Waals surface area contributed by atoms with Gasteiger partial charge < -0.3 is 10.2 Å². The van der Waals surface area contributed by atoms with Crippen LogP contribution >= 0.6 is 11.6 Å². The Balaban J connectivity index is 1.51. The molecule has 0 saturated heterocycles. The summed E-state index contributed by atoms with van der Waals surface area (Å²) in [6.07, 6.45) is 0.649. The summed E-state index contributed by atoms with van der Waals surface area (Å²) in [6.45, 7) is 0. The molecule has 0 fully saturated rings. The molecule has 4 nitrogen and oxygen atoms in total. The van der Waals surface area contributed by atoms with Crippen molar-refractivity contribution in [3.05, 3.63) is 112 Å². The van der Waals surface area contributed by atoms with E-state index in [0.717, 1.165) is 40.6 Å². The van der Waals surface area contributed by atoms with Crippen molar-refractivity contribution in [2.75, 3.05) is 0 Å². The van der Waals surface area contributed by atoms with E-state index in [1.54, 1.807) is 12.1 Å². The van der Waals surface area contributed by atoms with E-state index in [-0.39, 0.29) is 5.56 Å². The Kier molecular flexibility index (Phi) is 5.79. The number of pyridine rings is 1. The predicted molar refractivity (Wildman–Crippen MR) is 118 cm³/mol. The molecule has 1 unspecified atom stereocenters. The summed E-state index contributed by atoms with van der Waals surface area (Å²) < 4.78 is 0. The fourth-order valence-corrected chi connectivity index (χ4v) is 3.66. The molecular weight excluding hydrogens is 398 g/mol. The first-order valence-corrected chi connectivity index (χ1v) is 10.0. The fourth-order valence-electron chi connectivity index (χ4n) is 3.50. The second-order valence-corrected chi connectivity index (χ2v) is 7.65. The normalized spacial score (nSPS) is 12.1. The Hall–Kier alpha value is -3.21. The summed E-state index contributed by atoms with van der Waals surface area (Å²) >= 11 is 6.07. The first kappa shape index (κ1) is 20.1. The molecule has 0 aliphatic carbocycles. The van der Waals surface area contributed by atoms with Gasteiger partial charge in [0.25, 0.3) is 0 Å². The van der Waals surface area contributed by atoms with E-state index in [1.165, 1.54) is 12.1 Å². The molecule has 0 aliphatic heterocycles. The van der Waals surface area contributed by atoms with E-state index >= 15 is 0 Å². The van der Waals surface area contributed by atoms with Crippen molar-refractivity contribution < 1.29 is 15.0 Å². The Morgan fingerprint density at radius 3 is 2.43 bits per heavy atom. The maximum atomic E-state index is 11.2. The van der Waals surface area contributed by atoms with Gasteiger partial charge in [-0.25, -0.2) is 4.79 Å². The highest BCUT2D eigenvalue weighted by atomic mass is 35.5. The third-order valence-corrected chi connectivity index (χ3v) is 5.33. The first-order valence-electron chi connectivity index (χ1n) is 9.65. The lowest BCUT2D eigenvalue weighted by molar-refractivity contribution is 0.0696. The van der Waals surface area contributed by atoms with Gasteiger partial charge in [0.1, 0.15) is 6.10 Å². The topological polar surface area (TPSA) is 70.4 Å². The van der Waals surface area contributed by atoms with Crippen LogP contribution in [0.3, 0.4) is 0 Å². The van der Waals surface area contributed by atoms with Crippen LogP contribution in [0.25, 0.3) is 10.9 Å². The van der Waals surface area contributed by atoms with Gasteiger partial charge in [0.2, 0.25) is 0 Å². The van der Waals surface area contributed by atoms with Crippen LogP contribution < -0.4 is 0 Å². The maximum Gasteiger partial charge on any atom is 0.335 e. The number of benzene rings is 3. The lowest BCUT2D eigenvalue weighted by Gasteiger charge is -2.13. The number of nitrogens with zero attached hydrogens (tertiary/aromatic N) is 1. The van der Waals surface area contributed by atoms with Crippen molar-refractivity contribution in [1.82, 2.24) is 4.98 Å². The standard InChI is InChI=1S/C25H20ClNO3/c26-21-10-8-17-9-12-22(27-23(17)15-21)11-7-16-3-1-4-18(13-16)24(28)19-5-2-6-20(14-19)25(29)30/h1-6,8-10,12-15,24,28H,7,11H2,(H,29,30). The van der Waals surface area contributed by atoms with E-state index in [0.29, 0.717) is 10.6 Å². The molecule has 0 aliphatic rings. The van der Waals surface area contributed by atoms with Crippen LogP contribution in [0.2, 0.25) is 5.02 Å². The molecule has 0 amide bonds. The zero-order chi connectivity index (χ0) is 21.1. The molecular formula is C25H20ClNO3. The van der Waals surface area contributed by atoms with E-state index < -0.39 is 12.1 Å². The van der Waals surface area contributed by atoms with E-state index in [2.05, 4.69) is 0 Å². The van der Waals surface area contributed by atoms with Crippen LogP contribution in [-0.2, 0) is 12.8 Å². The third-order valence-electron chi connectivity index (χ3n) is 5.10. The number of halogens is 1. The molecule has 5 heteroatoms. The van der Waals surface area contributed by atoms with Crippen LogP contribution in [0.1, 0.15) is 38.8 Å². The van der Waals surface area contributed by atoms with Gasteiger partial charge in [0.05, 0.1) is 11.1 Å². The quantitative estimate of drug-likeness (QED) is 0.437. The SMILES string of the molecule is O=C(O)c1cccc(C(O)c2cccc(CCc3ccc4ccc(Cl)cc4n3)c2)c1. The van der Waals surface area contributed by atoms with Crippen LogP contribution in [0.15, 0.2) is 78.9 Å². The van der Waals surface area contributed by atoms with Crippen molar-refractivity contribution in [2.24, 2.45) is 0 Å². The minimum atomic E-state index is -1.01. The van der Waals surface area contributed by atoms with E-state index in [4.69, 9.17) is 16.6 Å². The summed E-state index contributed by atoms with van der Waals surface area (Å²) in [5.41, 5.74) is 4.37. The summed E-state index contributed by atoms with van der Waals surface area (Å²) in [5.74, 6) is -1.01. The second kappa shape index (κ2) is 8.66. The smallest absolute Gasteiger partial charge is 0.335 e. The molecule has 2 N–H and O–H groups in total. The van der Waals surface area contributed by atoms with Gasteiger partial charge in [-0.2, -0.15) is 0 Å². The highest BCUT2D eigenvalue weighted by molar-refractivity contribution is 6.31. The van der Waals surface area contributed by atoms with Crippen LogP contribution in [0.5, 0.6) is 0 Å². The van der Waals surface area contributed by atoms with Gasteiger partial charge in [-0.3, -0.25) is 4.98 Å². The number of carboxylic acids is 1.